The lowest BCUT2D eigenvalue weighted by Gasteiger charge is -2.39. The molecular weight excluding hydrogens is 424 g/mol. The molecular formula is C29H24N2O3. The van der Waals surface area contributed by atoms with Crippen LogP contribution >= 0.6 is 0 Å². The summed E-state index contributed by atoms with van der Waals surface area (Å²) in [6.07, 6.45) is 2.07. The maximum Gasteiger partial charge on any atom is 0.238 e. The minimum absolute atomic E-state index is 0.129. The molecule has 1 spiro atoms. The smallest absolute Gasteiger partial charge is 0.238 e. The molecule has 5 heteroatoms. The standard InChI is InChI=1S/C29H24N2O3/c1-17-16-24-29(21-13-7-8-14-22(21)30-28(29)34)25(27(33)19-10-4-3-5-11-19)26(18(2)32)31(24)23-15-9-6-12-20(17)23/h3-16,24-26H,1-2H3,(H,30,34)/t24-,25+,26+,29+/m1/s1. The number of carbonyl (C=O) groups is 3. The van der Waals surface area contributed by atoms with E-state index in [1.807, 2.05) is 78.6 Å². The second-order valence-corrected chi connectivity index (χ2v) is 9.35. The van der Waals surface area contributed by atoms with Gasteiger partial charge in [0.2, 0.25) is 5.91 Å². The van der Waals surface area contributed by atoms with E-state index in [0.29, 0.717) is 11.3 Å². The quantitative estimate of drug-likeness (QED) is 0.593. The van der Waals surface area contributed by atoms with E-state index in [4.69, 9.17) is 0 Å². The number of nitrogens with one attached hydrogen (secondary N) is 1. The lowest BCUT2D eigenvalue weighted by Crippen LogP contribution is -2.51. The van der Waals surface area contributed by atoms with Gasteiger partial charge in [-0.2, -0.15) is 0 Å². The summed E-state index contributed by atoms with van der Waals surface area (Å²) >= 11 is 0. The van der Waals surface area contributed by atoms with Crippen LogP contribution in [0.2, 0.25) is 0 Å². The summed E-state index contributed by atoms with van der Waals surface area (Å²) in [7, 11) is 0. The number of amides is 1. The first-order valence-electron chi connectivity index (χ1n) is 11.5. The maximum absolute atomic E-state index is 14.2. The van der Waals surface area contributed by atoms with E-state index in [9.17, 15) is 14.4 Å². The van der Waals surface area contributed by atoms with Crippen LogP contribution in [0.4, 0.5) is 11.4 Å². The van der Waals surface area contributed by atoms with E-state index in [1.165, 1.54) is 6.92 Å². The highest BCUT2D eigenvalue weighted by atomic mass is 16.2. The molecule has 3 aromatic carbocycles. The van der Waals surface area contributed by atoms with Crippen LogP contribution in [-0.4, -0.2) is 29.6 Å². The number of rotatable bonds is 3. The van der Waals surface area contributed by atoms with Gasteiger partial charge in [-0.1, -0.05) is 72.8 Å². The number of ketones is 2. The Hall–Kier alpha value is -3.99. The van der Waals surface area contributed by atoms with Gasteiger partial charge in [0.1, 0.15) is 5.41 Å². The van der Waals surface area contributed by atoms with Crippen LogP contribution in [0, 0.1) is 5.92 Å². The topological polar surface area (TPSA) is 66.5 Å². The summed E-state index contributed by atoms with van der Waals surface area (Å²) in [6.45, 7) is 3.55. The number of hydrogen-bond donors (Lipinski definition) is 1. The maximum atomic E-state index is 14.2. The Bertz CT molecular complexity index is 1390. The van der Waals surface area contributed by atoms with Crippen molar-refractivity contribution in [1.29, 1.82) is 0 Å². The van der Waals surface area contributed by atoms with Crippen LogP contribution in [0.25, 0.3) is 5.57 Å². The van der Waals surface area contributed by atoms with Gasteiger partial charge in [-0.25, -0.2) is 0 Å². The molecule has 0 radical (unpaired) electrons. The van der Waals surface area contributed by atoms with E-state index < -0.39 is 23.4 Å². The fourth-order valence-corrected chi connectivity index (χ4v) is 6.32. The molecule has 0 saturated carbocycles. The van der Waals surface area contributed by atoms with E-state index in [2.05, 4.69) is 11.4 Å². The predicted molar refractivity (Wildman–Crippen MR) is 132 cm³/mol. The molecule has 1 N–H and O–H groups in total. The van der Waals surface area contributed by atoms with Crippen molar-refractivity contribution in [2.75, 3.05) is 10.2 Å². The highest BCUT2D eigenvalue weighted by Gasteiger charge is 2.70. The third kappa shape index (κ3) is 2.52. The van der Waals surface area contributed by atoms with Crippen molar-refractivity contribution in [2.24, 2.45) is 5.92 Å². The van der Waals surface area contributed by atoms with Gasteiger partial charge in [-0.3, -0.25) is 14.4 Å². The Balaban J connectivity index is 1.69. The fraction of sp³-hybridized carbons (Fsp3) is 0.207. The minimum atomic E-state index is -1.23. The number of Topliss-reactive ketones (excluding diaryl/α,β-unsaturated/α-hetero) is 2. The molecule has 6 rings (SSSR count). The normalized spacial score (nSPS) is 26.4. The first kappa shape index (κ1) is 20.6. The molecule has 0 bridgehead atoms. The van der Waals surface area contributed by atoms with Crippen LogP contribution < -0.4 is 10.2 Å². The Morgan fingerprint density at radius 1 is 0.912 bits per heavy atom. The summed E-state index contributed by atoms with van der Waals surface area (Å²) in [5.74, 6) is -1.43. The van der Waals surface area contributed by atoms with Crippen molar-refractivity contribution in [1.82, 2.24) is 0 Å². The van der Waals surface area contributed by atoms with Crippen LogP contribution in [0.5, 0.6) is 0 Å². The highest BCUT2D eigenvalue weighted by Crippen LogP contribution is 2.58. The Kier molecular flexibility index (Phi) is 4.40. The third-order valence-corrected chi connectivity index (χ3v) is 7.64. The van der Waals surface area contributed by atoms with E-state index in [1.54, 1.807) is 12.1 Å². The summed E-state index contributed by atoms with van der Waals surface area (Å²) in [4.78, 5) is 43.6. The third-order valence-electron chi connectivity index (χ3n) is 7.64. The number of nitrogens with zero attached hydrogens (tertiary/aromatic N) is 1. The van der Waals surface area contributed by atoms with Crippen molar-refractivity contribution < 1.29 is 14.4 Å². The van der Waals surface area contributed by atoms with E-state index in [-0.39, 0.29) is 17.5 Å². The van der Waals surface area contributed by atoms with Crippen molar-refractivity contribution >= 4 is 34.4 Å². The number of para-hydroxylation sites is 2. The average molecular weight is 449 g/mol. The average Bonchev–Trinajstić information content (AvgIpc) is 3.32. The summed E-state index contributed by atoms with van der Waals surface area (Å²) in [6, 6.07) is 23.2. The van der Waals surface area contributed by atoms with Gasteiger partial charge in [-0.05, 0) is 37.1 Å². The molecule has 3 aliphatic heterocycles. The van der Waals surface area contributed by atoms with Crippen molar-refractivity contribution in [2.45, 2.75) is 31.3 Å². The number of benzene rings is 3. The second kappa shape index (κ2) is 7.26. The Labute approximate surface area is 198 Å². The molecule has 3 heterocycles. The molecule has 168 valence electrons. The minimum Gasteiger partial charge on any atom is -0.352 e. The predicted octanol–water partition coefficient (Wildman–Crippen LogP) is 4.64. The number of hydrogen-bond acceptors (Lipinski definition) is 4. The zero-order chi connectivity index (χ0) is 23.6. The first-order chi connectivity index (χ1) is 16.5. The molecule has 1 amide bonds. The van der Waals surface area contributed by atoms with Crippen molar-refractivity contribution in [3.63, 3.8) is 0 Å². The zero-order valence-electron chi connectivity index (χ0n) is 19.0. The molecule has 3 aliphatic rings. The van der Waals surface area contributed by atoms with Crippen molar-refractivity contribution in [3.05, 3.63) is 102 Å². The fourth-order valence-electron chi connectivity index (χ4n) is 6.32. The lowest BCUT2D eigenvalue weighted by molar-refractivity contribution is -0.122. The van der Waals surface area contributed by atoms with Crippen LogP contribution in [0.1, 0.15) is 35.3 Å². The number of carbonyl (C=O) groups excluding carboxylic acids is 3. The van der Waals surface area contributed by atoms with Crippen LogP contribution in [0.3, 0.4) is 0 Å². The van der Waals surface area contributed by atoms with Gasteiger partial charge < -0.3 is 10.2 Å². The van der Waals surface area contributed by atoms with E-state index in [0.717, 1.165) is 22.4 Å². The largest absolute Gasteiger partial charge is 0.352 e. The molecule has 1 fully saturated rings. The van der Waals surface area contributed by atoms with Gasteiger partial charge in [0.25, 0.3) is 0 Å². The molecule has 4 atom stereocenters. The van der Waals surface area contributed by atoms with Gasteiger partial charge in [0, 0.05) is 22.5 Å². The van der Waals surface area contributed by atoms with Crippen LogP contribution in [-0.2, 0) is 15.0 Å². The van der Waals surface area contributed by atoms with Gasteiger partial charge in [-0.15, -0.1) is 0 Å². The number of anilines is 2. The van der Waals surface area contributed by atoms with Crippen LogP contribution in [0.15, 0.2) is 84.9 Å². The summed E-state index contributed by atoms with van der Waals surface area (Å²) in [5.41, 5.74) is 3.68. The van der Waals surface area contributed by atoms with Crippen molar-refractivity contribution in [3.8, 4) is 0 Å². The summed E-state index contributed by atoms with van der Waals surface area (Å²) in [5, 5.41) is 3.04. The van der Waals surface area contributed by atoms with Gasteiger partial charge in [0.05, 0.1) is 18.0 Å². The Morgan fingerprint density at radius 2 is 1.59 bits per heavy atom. The summed E-state index contributed by atoms with van der Waals surface area (Å²) < 4.78 is 0. The number of fused-ring (bicyclic) bond motifs is 6. The monoisotopic (exact) mass is 448 g/mol. The molecule has 5 nitrogen and oxygen atoms in total. The molecule has 0 aliphatic carbocycles. The first-order valence-corrected chi connectivity index (χ1v) is 11.5. The van der Waals surface area contributed by atoms with E-state index >= 15 is 0 Å². The zero-order valence-corrected chi connectivity index (χ0v) is 19.0. The molecule has 1 saturated heterocycles. The molecule has 0 aromatic heterocycles. The highest BCUT2D eigenvalue weighted by molar-refractivity contribution is 6.16. The SMILES string of the molecule is CC(=O)[C@H]1[C@@H](C(=O)c2ccccc2)[C@@]2(C(=O)Nc3ccccc32)[C@H]2C=C(C)c3ccccc3N12. The Morgan fingerprint density at radius 3 is 2.35 bits per heavy atom. The second-order valence-electron chi connectivity index (χ2n) is 9.35. The number of allylic oxidation sites excluding steroid dienone is 1. The van der Waals surface area contributed by atoms with Gasteiger partial charge >= 0.3 is 0 Å². The molecule has 3 aromatic rings. The molecule has 0 unspecified atom stereocenters. The van der Waals surface area contributed by atoms with Gasteiger partial charge in [0.15, 0.2) is 11.6 Å². The molecule has 34 heavy (non-hydrogen) atoms. The lowest BCUT2D eigenvalue weighted by atomic mass is 9.64.